The fraction of sp³-hybridized carbons (Fsp3) is 0.143. The molecule has 0 fully saturated rings. The highest BCUT2D eigenvalue weighted by atomic mass is 19.1. The smallest absolute Gasteiger partial charge is 0.274 e. The number of hydrogen-bond acceptors (Lipinski definition) is 3. The van der Waals surface area contributed by atoms with Gasteiger partial charge in [-0.25, -0.2) is 4.39 Å². The molecule has 0 radical (unpaired) electrons. The minimum atomic E-state index is -0.261. The number of hydrogen-bond donors (Lipinski definition) is 2. The number of benzene rings is 2. The first-order valence-corrected chi connectivity index (χ1v) is 8.35. The second kappa shape index (κ2) is 7.78. The summed E-state index contributed by atoms with van der Waals surface area (Å²) < 4.78 is 13.0. The molecule has 0 atom stereocenters. The van der Waals surface area contributed by atoms with Gasteiger partial charge in [0, 0.05) is 24.1 Å². The summed E-state index contributed by atoms with van der Waals surface area (Å²) in [6, 6.07) is 15.6. The molecular weight excluding hydrogens is 329 g/mol. The van der Waals surface area contributed by atoms with Crippen molar-refractivity contribution in [1.29, 1.82) is 0 Å². The number of amides is 1. The summed E-state index contributed by atoms with van der Waals surface area (Å²) in [5, 5.41) is 6.12. The SMILES string of the molecule is Cc1cccc(NC(=O)c2cc(NCc3ccc(F)cc3)ccn2)c1C. The number of pyridine rings is 1. The van der Waals surface area contributed by atoms with Gasteiger partial charge in [0.15, 0.2) is 0 Å². The van der Waals surface area contributed by atoms with Gasteiger partial charge in [-0.05, 0) is 60.9 Å². The van der Waals surface area contributed by atoms with E-state index in [0.29, 0.717) is 12.2 Å². The molecule has 0 aliphatic rings. The van der Waals surface area contributed by atoms with Gasteiger partial charge in [-0.2, -0.15) is 0 Å². The zero-order chi connectivity index (χ0) is 18.5. The number of aryl methyl sites for hydroxylation is 1. The molecule has 1 heterocycles. The Hall–Kier alpha value is -3.21. The number of nitrogens with zero attached hydrogens (tertiary/aromatic N) is 1. The van der Waals surface area contributed by atoms with Gasteiger partial charge >= 0.3 is 0 Å². The quantitative estimate of drug-likeness (QED) is 0.702. The summed E-state index contributed by atoms with van der Waals surface area (Å²) in [6.07, 6.45) is 1.59. The number of anilines is 2. The minimum Gasteiger partial charge on any atom is -0.381 e. The second-order valence-corrected chi connectivity index (χ2v) is 6.11. The normalized spacial score (nSPS) is 10.4. The van der Waals surface area contributed by atoms with Gasteiger partial charge in [0.2, 0.25) is 0 Å². The van der Waals surface area contributed by atoms with E-state index in [9.17, 15) is 9.18 Å². The Bertz CT molecular complexity index is 923. The summed E-state index contributed by atoms with van der Waals surface area (Å²) in [7, 11) is 0. The van der Waals surface area contributed by atoms with E-state index in [0.717, 1.165) is 28.1 Å². The van der Waals surface area contributed by atoms with Crippen LogP contribution in [0.1, 0.15) is 27.2 Å². The standard InChI is InChI=1S/C21H20FN3O/c1-14-4-3-5-19(15(14)2)25-21(26)20-12-18(10-11-23-20)24-13-16-6-8-17(22)9-7-16/h3-12H,13H2,1-2H3,(H,23,24)(H,25,26). The number of nitrogens with one attached hydrogen (secondary N) is 2. The third-order valence-electron chi connectivity index (χ3n) is 4.26. The van der Waals surface area contributed by atoms with E-state index >= 15 is 0 Å². The summed E-state index contributed by atoms with van der Waals surface area (Å²) in [5.41, 5.74) is 4.98. The highest BCUT2D eigenvalue weighted by Gasteiger charge is 2.10. The molecule has 5 heteroatoms. The lowest BCUT2D eigenvalue weighted by Crippen LogP contribution is -2.15. The molecule has 0 aliphatic carbocycles. The first-order chi connectivity index (χ1) is 12.5. The van der Waals surface area contributed by atoms with Crippen LogP contribution in [0, 0.1) is 19.7 Å². The molecule has 0 saturated heterocycles. The summed E-state index contributed by atoms with van der Waals surface area (Å²) in [4.78, 5) is 16.7. The van der Waals surface area contributed by atoms with E-state index in [1.54, 1.807) is 30.5 Å². The average Bonchev–Trinajstić information content (AvgIpc) is 2.65. The number of carbonyl (C=O) groups is 1. The van der Waals surface area contributed by atoms with Gasteiger partial charge in [0.25, 0.3) is 5.91 Å². The molecule has 1 aromatic heterocycles. The van der Waals surface area contributed by atoms with Gasteiger partial charge in [-0.1, -0.05) is 24.3 Å². The van der Waals surface area contributed by atoms with E-state index < -0.39 is 0 Å². The van der Waals surface area contributed by atoms with Crippen molar-refractivity contribution in [1.82, 2.24) is 4.98 Å². The molecule has 4 nitrogen and oxygen atoms in total. The van der Waals surface area contributed by atoms with E-state index in [2.05, 4.69) is 15.6 Å². The zero-order valence-corrected chi connectivity index (χ0v) is 14.7. The predicted octanol–water partition coefficient (Wildman–Crippen LogP) is 4.70. The van der Waals surface area contributed by atoms with Crippen molar-refractivity contribution >= 4 is 17.3 Å². The van der Waals surface area contributed by atoms with Crippen molar-refractivity contribution in [2.24, 2.45) is 0 Å². The molecule has 2 N–H and O–H groups in total. The van der Waals surface area contributed by atoms with E-state index in [-0.39, 0.29) is 11.7 Å². The van der Waals surface area contributed by atoms with Gasteiger partial charge in [0.05, 0.1) is 0 Å². The summed E-state index contributed by atoms with van der Waals surface area (Å²) in [5.74, 6) is -0.521. The summed E-state index contributed by atoms with van der Waals surface area (Å²) in [6.45, 7) is 4.50. The first kappa shape index (κ1) is 17.6. The predicted molar refractivity (Wildman–Crippen MR) is 102 cm³/mol. The van der Waals surface area contributed by atoms with Crippen LogP contribution in [0.3, 0.4) is 0 Å². The Morgan fingerprint density at radius 2 is 1.85 bits per heavy atom. The zero-order valence-electron chi connectivity index (χ0n) is 14.7. The van der Waals surface area contributed by atoms with Crippen molar-refractivity contribution in [2.45, 2.75) is 20.4 Å². The number of carbonyl (C=O) groups excluding carboxylic acids is 1. The lowest BCUT2D eigenvalue weighted by atomic mass is 10.1. The lowest BCUT2D eigenvalue weighted by molar-refractivity contribution is 0.102. The maximum Gasteiger partial charge on any atom is 0.274 e. The topological polar surface area (TPSA) is 54.0 Å². The van der Waals surface area contributed by atoms with E-state index in [1.165, 1.54) is 12.1 Å². The van der Waals surface area contributed by atoms with Crippen LogP contribution < -0.4 is 10.6 Å². The molecule has 0 saturated carbocycles. The largest absolute Gasteiger partial charge is 0.381 e. The molecule has 3 aromatic rings. The lowest BCUT2D eigenvalue weighted by Gasteiger charge is -2.11. The van der Waals surface area contributed by atoms with Crippen LogP contribution >= 0.6 is 0 Å². The van der Waals surface area contributed by atoms with Crippen molar-refractivity contribution in [3.8, 4) is 0 Å². The van der Waals surface area contributed by atoms with Crippen molar-refractivity contribution in [3.63, 3.8) is 0 Å². The fourth-order valence-corrected chi connectivity index (χ4v) is 2.54. The molecule has 132 valence electrons. The van der Waals surface area contributed by atoms with Crippen LogP contribution in [-0.2, 0) is 6.54 Å². The Kier molecular flexibility index (Phi) is 5.27. The minimum absolute atomic E-state index is 0.260. The Balaban J connectivity index is 1.69. The maximum absolute atomic E-state index is 13.0. The maximum atomic E-state index is 13.0. The van der Waals surface area contributed by atoms with Crippen molar-refractivity contribution < 1.29 is 9.18 Å². The van der Waals surface area contributed by atoms with Crippen molar-refractivity contribution in [3.05, 3.63) is 89.0 Å². The molecule has 2 aromatic carbocycles. The van der Waals surface area contributed by atoms with Crippen LogP contribution in [0.25, 0.3) is 0 Å². The summed E-state index contributed by atoms with van der Waals surface area (Å²) >= 11 is 0. The number of halogens is 1. The molecule has 0 aliphatic heterocycles. The molecule has 1 amide bonds. The van der Waals surface area contributed by atoms with E-state index in [4.69, 9.17) is 0 Å². The van der Waals surface area contributed by atoms with Crippen molar-refractivity contribution in [2.75, 3.05) is 10.6 Å². The molecule has 3 rings (SSSR count). The van der Waals surface area contributed by atoms with Crippen LogP contribution in [-0.4, -0.2) is 10.9 Å². The second-order valence-electron chi connectivity index (χ2n) is 6.11. The van der Waals surface area contributed by atoms with Gasteiger partial charge in [0.1, 0.15) is 11.5 Å². The van der Waals surface area contributed by atoms with E-state index in [1.807, 2.05) is 32.0 Å². The molecule has 0 bridgehead atoms. The first-order valence-electron chi connectivity index (χ1n) is 8.35. The Morgan fingerprint density at radius 1 is 1.08 bits per heavy atom. The average molecular weight is 349 g/mol. The van der Waals surface area contributed by atoms with Crippen LogP contribution in [0.5, 0.6) is 0 Å². The molecule has 0 unspecified atom stereocenters. The molecule has 0 spiro atoms. The fourth-order valence-electron chi connectivity index (χ4n) is 2.54. The van der Waals surface area contributed by atoms with Gasteiger partial charge < -0.3 is 10.6 Å². The monoisotopic (exact) mass is 349 g/mol. The van der Waals surface area contributed by atoms with Crippen LogP contribution in [0.4, 0.5) is 15.8 Å². The molecule has 26 heavy (non-hydrogen) atoms. The molecular formula is C21H20FN3O. The van der Waals surface area contributed by atoms with Crippen LogP contribution in [0.2, 0.25) is 0 Å². The van der Waals surface area contributed by atoms with Gasteiger partial charge in [-0.15, -0.1) is 0 Å². The van der Waals surface area contributed by atoms with Crippen LogP contribution in [0.15, 0.2) is 60.8 Å². The highest BCUT2D eigenvalue weighted by molar-refractivity contribution is 6.03. The highest BCUT2D eigenvalue weighted by Crippen LogP contribution is 2.19. The third kappa shape index (κ3) is 4.25. The number of aromatic nitrogens is 1. The third-order valence-corrected chi connectivity index (χ3v) is 4.26. The Morgan fingerprint density at radius 3 is 2.62 bits per heavy atom. The van der Waals surface area contributed by atoms with Gasteiger partial charge in [-0.3, -0.25) is 9.78 Å². The Labute approximate surface area is 152 Å². The number of rotatable bonds is 5.